The van der Waals surface area contributed by atoms with E-state index in [2.05, 4.69) is 28.4 Å². The van der Waals surface area contributed by atoms with Gasteiger partial charge < -0.3 is 10.2 Å². The molecule has 0 aromatic rings. The zero-order chi connectivity index (χ0) is 6.10. The van der Waals surface area contributed by atoms with Gasteiger partial charge in [0.05, 0.1) is 0 Å². The molecule has 1 N–H and O–H groups in total. The average Bonchev–Trinajstić information content (AvgIpc) is 2.33. The predicted molar refractivity (Wildman–Crippen MR) is 36.8 cm³/mol. The summed E-state index contributed by atoms with van der Waals surface area (Å²) in [7, 11) is 0. The molecular weight excluding hydrogens is 112 g/mol. The Morgan fingerprint density at radius 3 is 3.44 bits per heavy atom. The van der Waals surface area contributed by atoms with Gasteiger partial charge >= 0.3 is 0 Å². The highest BCUT2D eigenvalue weighted by Gasteiger charge is 2.14. The Kier molecular flexibility index (Phi) is 0.979. The number of rotatable bonds is 0. The number of nitrogens with zero attached hydrogens (tertiary/aromatic N) is 1. The van der Waals surface area contributed by atoms with Crippen molar-refractivity contribution in [3.63, 3.8) is 0 Å². The van der Waals surface area contributed by atoms with Gasteiger partial charge in [0.1, 0.15) is 5.82 Å². The topological polar surface area (TPSA) is 15.3 Å². The van der Waals surface area contributed by atoms with Crippen molar-refractivity contribution in [1.29, 1.82) is 0 Å². The van der Waals surface area contributed by atoms with Gasteiger partial charge in [-0.1, -0.05) is 12.2 Å². The summed E-state index contributed by atoms with van der Waals surface area (Å²) in [5, 5.41) is 3.29. The lowest BCUT2D eigenvalue weighted by atomic mass is 10.3. The molecule has 2 nitrogen and oxygen atoms in total. The SMILES string of the molecule is C1=CCN2CCNC2=C1. The molecule has 48 valence electrons. The standard InChI is InChI=1S/C7H10N2/c1-2-5-9-6-4-8-7(9)3-1/h1-3,8H,4-6H2. The van der Waals surface area contributed by atoms with Crippen LogP contribution in [0.5, 0.6) is 0 Å². The van der Waals surface area contributed by atoms with E-state index >= 15 is 0 Å². The summed E-state index contributed by atoms with van der Waals surface area (Å²) in [6.45, 7) is 3.35. The maximum atomic E-state index is 3.29. The van der Waals surface area contributed by atoms with E-state index in [9.17, 15) is 0 Å². The van der Waals surface area contributed by atoms with E-state index in [0.29, 0.717) is 0 Å². The number of hydrogen-bond acceptors (Lipinski definition) is 2. The van der Waals surface area contributed by atoms with Crippen LogP contribution in [0.25, 0.3) is 0 Å². The van der Waals surface area contributed by atoms with Gasteiger partial charge in [0.15, 0.2) is 0 Å². The lowest BCUT2D eigenvalue weighted by Crippen LogP contribution is -2.21. The van der Waals surface area contributed by atoms with Gasteiger partial charge in [-0.2, -0.15) is 0 Å². The first-order valence-electron chi connectivity index (χ1n) is 3.32. The van der Waals surface area contributed by atoms with Crippen molar-refractivity contribution >= 4 is 0 Å². The van der Waals surface area contributed by atoms with Crippen molar-refractivity contribution in [3.8, 4) is 0 Å². The van der Waals surface area contributed by atoms with Crippen LogP contribution in [0.3, 0.4) is 0 Å². The minimum absolute atomic E-state index is 1.08. The predicted octanol–water partition coefficient (Wildman–Crippen LogP) is 0.303. The van der Waals surface area contributed by atoms with Crippen LogP contribution in [-0.2, 0) is 0 Å². The fourth-order valence-corrected chi connectivity index (χ4v) is 1.25. The van der Waals surface area contributed by atoms with Crippen LogP contribution in [0.4, 0.5) is 0 Å². The van der Waals surface area contributed by atoms with E-state index in [4.69, 9.17) is 0 Å². The Morgan fingerprint density at radius 1 is 1.56 bits per heavy atom. The zero-order valence-electron chi connectivity index (χ0n) is 5.30. The molecule has 0 saturated carbocycles. The van der Waals surface area contributed by atoms with Crippen LogP contribution in [0, 0.1) is 0 Å². The molecule has 2 heterocycles. The van der Waals surface area contributed by atoms with Gasteiger partial charge in [0, 0.05) is 19.6 Å². The first-order chi connectivity index (χ1) is 4.47. The van der Waals surface area contributed by atoms with Crippen LogP contribution < -0.4 is 5.32 Å². The molecule has 0 aromatic heterocycles. The lowest BCUT2D eigenvalue weighted by molar-refractivity contribution is 0.435. The Labute approximate surface area is 54.8 Å². The van der Waals surface area contributed by atoms with Crippen molar-refractivity contribution < 1.29 is 0 Å². The van der Waals surface area contributed by atoms with Crippen LogP contribution in [0.1, 0.15) is 0 Å². The Hall–Kier alpha value is -0.920. The van der Waals surface area contributed by atoms with Gasteiger partial charge in [0.25, 0.3) is 0 Å². The maximum Gasteiger partial charge on any atom is 0.102 e. The molecule has 0 spiro atoms. The van der Waals surface area contributed by atoms with Crippen molar-refractivity contribution in [1.82, 2.24) is 10.2 Å². The lowest BCUT2D eigenvalue weighted by Gasteiger charge is -2.18. The Bertz CT molecular complexity index is 170. The second-order valence-electron chi connectivity index (χ2n) is 2.35. The third-order valence-electron chi connectivity index (χ3n) is 1.74. The largest absolute Gasteiger partial charge is 0.370 e. The molecule has 2 aliphatic rings. The maximum absolute atomic E-state index is 3.29. The molecule has 2 aliphatic heterocycles. The first-order valence-corrected chi connectivity index (χ1v) is 3.32. The summed E-state index contributed by atoms with van der Waals surface area (Å²) in [5.74, 6) is 1.29. The van der Waals surface area contributed by atoms with Crippen LogP contribution in [0.2, 0.25) is 0 Å². The molecule has 0 aromatic carbocycles. The zero-order valence-corrected chi connectivity index (χ0v) is 5.30. The monoisotopic (exact) mass is 122 g/mol. The summed E-state index contributed by atoms with van der Waals surface area (Å²) >= 11 is 0. The van der Waals surface area contributed by atoms with Crippen LogP contribution in [0.15, 0.2) is 24.0 Å². The summed E-state index contributed by atoms with van der Waals surface area (Å²) < 4.78 is 0. The van der Waals surface area contributed by atoms with Crippen LogP contribution >= 0.6 is 0 Å². The third-order valence-corrected chi connectivity index (χ3v) is 1.74. The van der Waals surface area contributed by atoms with E-state index in [0.717, 1.165) is 19.6 Å². The average molecular weight is 122 g/mol. The summed E-state index contributed by atoms with van der Waals surface area (Å²) in [5.41, 5.74) is 0. The van der Waals surface area contributed by atoms with E-state index in [1.54, 1.807) is 0 Å². The van der Waals surface area contributed by atoms with Crippen molar-refractivity contribution in [2.75, 3.05) is 19.6 Å². The van der Waals surface area contributed by atoms with E-state index in [-0.39, 0.29) is 0 Å². The van der Waals surface area contributed by atoms with E-state index < -0.39 is 0 Å². The molecule has 1 fully saturated rings. The van der Waals surface area contributed by atoms with Gasteiger partial charge in [-0.3, -0.25) is 0 Å². The number of nitrogens with one attached hydrogen (secondary N) is 1. The molecule has 9 heavy (non-hydrogen) atoms. The van der Waals surface area contributed by atoms with Crippen LogP contribution in [-0.4, -0.2) is 24.5 Å². The summed E-state index contributed by atoms with van der Waals surface area (Å²) in [6, 6.07) is 0. The van der Waals surface area contributed by atoms with Crippen molar-refractivity contribution in [2.45, 2.75) is 0 Å². The Morgan fingerprint density at radius 2 is 2.56 bits per heavy atom. The summed E-state index contributed by atoms with van der Waals surface area (Å²) in [4.78, 5) is 2.33. The number of allylic oxidation sites excluding steroid dienone is 2. The normalized spacial score (nSPS) is 23.1. The minimum Gasteiger partial charge on any atom is -0.370 e. The van der Waals surface area contributed by atoms with Gasteiger partial charge in [0.2, 0.25) is 0 Å². The fraction of sp³-hybridized carbons (Fsp3) is 0.429. The number of fused-ring (bicyclic) bond motifs is 1. The van der Waals surface area contributed by atoms with Crippen molar-refractivity contribution in [3.05, 3.63) is 24.0 Å². The molecule has 0 bridgehead atoms. The molecule has 1 saturated heterocycles. The van der Waals surface area contributed by atoms with E-state index in [1.807, 2.05) is 0 Å². The highest BCUT2D eigenvalue weighted by Crippen LogP contribution is 2.09. The molecule has 0 unspecified atom stereocenters. The highest BCUT2D eigenvalue weighted by atomic mass is 15.3. The van der Waals surface area contributed by atoms with Gasteiger partial charge in [-0.05, 0) is 6.08 Å². The van der Waals surface area contributed by atoms with Gasteiger partial charge in [-0.25, -0.2) is 0 Å². The molecule has 2 rings (SSSR count). The Balaban J connectivity index is 2.23. The second-order valence-corrected chi connectivity index (χ2v) is 2.35. The molecule has 2 heteroatoms. The summed E-state index contributed by atoms with van der Waals surface area (Å²) in [6.07, 6.45) is 6.40. The molecule has 0 atom stereocenters. The number of hydrogen-bond donors (Lipinski definition) is 1. The quantitative estimate of drug-likeness (QED) is 0.497. The fourth-order valence-electron chi connectivity index (χ4n) is 1.25. The molecule has 0 radical (unpaired) electrons. The first kappa shape index (κ1) is 4.91. The molecule has 0 aliphatic carbocycles. The second kappa shape index (κ2) is 1.79. The van der Waals surface area contributed by atoms with Gasteiger partial charge in [-0.15, -0.1) is 0 Å². The minimum atomic E-state index is 1.08. The molecule has 0 amide bonds. The highest BCUT2D eigenvalue weighted by molar-refractivity contribution is 5.18. The van der Waals surface area contributed by atoms with E-state index in [1.165, 1.54) is 5.82 Å². The third kappa shape index (κ3) is 0.707. The smallest absolute Gasteiger partial charge is 0.102 e. The van der Waals surface area contributed by atoms with Crippen molar-refractivity contribution in [2.24, 2.45) is 0 Å². The molecular formula is C7H10N2.